The fourth-order valence-corrected chi connectivity index (χ4v) is 2.01. The Bertz CT molecular complexity index is 570. The molecule has 92 valence electrons. The first-order valence-corrected chi connectivity index (χ1v) is 5.75. The Labute approximate surface area is 107 Å². The van der Waals surface area contributed by atoms with Crippen molar-refractivity contribution in [3.05, 3.63) is 66.0 Å². The van der Waals surface area contributed by atoms with Gasteiger partial charge in [-0.3, -0.25) is 4.90 Å². The van der Waals surface area contributed by atoms with E-state index in [1.54, 1.807) is 11.0 Å². The van der Waals surface area contributed by atoms with Gasteiger partial charge >= 0.3 is 6.03 Å². The maximum Gasteiger partial charge on any atom is 0.330 e. The van der Waals surface area contributed by atoms with Gasteiger partial charge < -0.3 is 5.32 Å². The zero-order valence-corrected chi connectivity index (χ0v) is 10.7. The first-order chi connectivity index (χ1) is 8.56. The van der Waals surface area contributed by atoms with Crippen LogP contribution in [0, 0.1) is 6.92 Å². The molecule has 0 atom stereocenters. The predicted molar refractivity (Wildman–Crippen MR) is 74.2 cm³/mol. The highest BCUT2D eigenvalue weighted by Crippen LogP contribution is 2.29. The van der Waals surface area contributed by atoms with Crippen LogP contribution in [0.1, 0.15) is 12.5 Å². The van der Waals surface area contributed by atoms with Crippen molar-refractivity contribution in [1.82, 2.24) is 5.32 Å². The van der Waals surface area contributed by atoms with E-state index in [4.69, 9.17) is 0 Å². The van der Waals surface area contributed by atoms with Crippen molar-refractivity contribution in [1.29, 1.82) is 0 Å². The van der Waals surface area contributed by atoms with Gasteiger partial charge in [0.1, 0.15) is 0 Å². The number of rotatable bonds is 2. The first-order valence-electron chi connectivity index (χ1n) is 5.75. The van der Waals surface area contributed by atoms with Gasteiger partial charge in [0.15, 0.2) is 0 Å². The molecule has 0 bridgehead atoms. The summed E-state index contributed by atoms with van der Waals surface area (Å²) in [6.45, 7) is 11.5. The Morgan fingerprint density at radius 3 is 2.56 bits per heavy atom. The molecule has 1 aliphatic rings. The van der Waals surface area contributed by atoms with Crippen molar-refractivity contribution < 1.29 is 4.79 Å². The topological polar surface area (TPSA) is 32.3 Å². The van der Waals surface area contributed by atoms with E-state index >= 15 is 0 Å². The van der Waals surface area contributed by atoms with Gasteiger partial charge in [-0.25, -0.2) is 4.79 Å². The number of hydrogen-bond acceptors (Lipinski definition) is 1. The minimum absolute atomic E-state index is 0.199. The fraction of sp³-hybridized carbons (Fsp3) is 0.133. The van der Waals surface area contributed by atoms with E-state index in [1.165, 1.54) is 0 Å². The lowest BCUT2D eigenvalue weighted by Gasteiger charge is -2.32. The molecule has 0 saturated carbocycles. The number of nitrogens with one attached hydrogen (secondary N) is 1. The van der Waals surface area contributed by atoms with Gasteiger partial charge in [-0.1, -0.05) is 31.4 Å². The summed E-state index contributed by atoms with van der Waals surface area (Å²) in [6, 6.07) is 7.55. The quantitative estimate of drug-likeness (QED) is 0.843. The molecule has 0 fully saturated rings. The molecular formula is C15H16N2O. The van der Waals surface area contributed by atoms with Crippen molar-refractivity contribution in [2.45, 2.75) is 13.8 Å². The number of hydrogen-bond donors (Lipinski definition) is 1. The lowest BCUT2D eigenvalue weighted by atomic mass is 10.1. The van der Waals surface area contributed by atoms with E-state index in [-0.39, 0.29) is 6.03 Å². The zero-order valence-electron chi connectivity index (χ0n) is 10.7. The number of benzene rings is 1. The molecule has 0 aliphatic carbocycles. The van der Waals surface area contributed by atoms with Gasteiger partial charge in [0.25, 0.3) is 0 Å². The molecule has 3 nitrogen and oxygen atoms in total. The molecule has 1 N–H and O–H groups in total. The van der Waals surface area contributed by atoms with Crippen LogP contribution in [0.15, 0.2) is 60.5 Å². The second kappa shape index (κ2) is 4.53. The highest BCUT2D eigenvalue weighted by Gasteiger charge is 2.27. The van der Waals surface area contributed by atoms with Crippen molar-refractivity contribution in [3.63, 3.8) is 0 Å². The number of nitrogens with zero attached hydrogens (tertiary/aromatic N) is 1. The molecule has 2 amide bonds. The molecule has 1 aromatic rings. The molecule has 3 heteroatoms. The van der Waals surface area contributed by atoms with Gasteiger partial charge in [0.2, 0.25) is 0 Å². The third-order valence-electron chi connectivity index (χ3n) is 3.09. The Hall–Kier alpha value is -2.29. The molecule has 0 spiro atoms. The van der Waals surface area contributed by atoms with Crippen LogP contribution in [0.25, 0.3) is 0 Å². The van der Waals surface area contributed by atoms with Crippen molar-refractivity contribution in [2.75, 3.05) is 4.90 Å². The molecule has 1 aromatic carbocycles. The smallest absolute Gasteiger partial charge is 0.307 e. The van der Waals surface area contributed by atoms with E-state index in [0.717, 1.165) is 22.5 Å². The summed E-state index contributed by atoms with van der Waals surface area (Å²) in [5, 5.41) is 2.76. The standard InChI is InChI=1S/C15H16N2O/c1-5-13-11(3)12(4)16-15(18)17(13)14-9-7-6-8-10(14)2/h5-9H,1,4H2,2-3H3,(H,16,18). The predicted octanol–water partition coefficient (Wildman–Crippen LogP) is 3.50. The van der Waals surface area contributed by atoms with Crippen LogP contribution in [0.3, 0.4) is 0 Å². The van der Waals surface area contributed by atoms with E-state index in [2.05, 4.69) is 18.5 Å². The molecule has 0 unspecified atom stereocenters. The summed E-state index contributed by atoms with van der Waals surface area (Å²) in [6.07, 6.45) is 1.69. The Kier molecular flexibility index (Phi) is 3.06. The average Bonchev–Trinajstić information content (AvgIpc) is 2.34. The molecule has 18 heavy (non-hydrogen) atoms. The second-order valence-electron chi connectivity index (χ2n) is 4.24. The summed E-state index contributed by atoms with van der Waals surface area (Å²) in [4.78, 5) is 13.8. The van der Waals surface area contributed by atoms with Crippen molar-refractivity contribution >= 4 is 11.7 Å². The molecule has 0 saturated heterocycles. The molecule has 1 aliphatic heterocycles. The van der Waals surface area contributed by atoms with E-state index in [9.17, 15) is 4.79 Å². The third-order valence-corrected chi connectivity index (χ3v) is 3.09. The summed E-state index contributed by atoms with van der Waals surface area (Å²) in [5.41, 5.74) is 4.22. The fourth-order valence-electron chi connectivity index (χ4n) is 2.01. The van der Waals surface area contributed by atoms with Crippen LogP contribution >= 0.6 is 0 Å². The molecular weight excluding hydrogens is 224 g/mol. The Morgan fingerprint density at radius 2 is 1.94 bits per heavy atom. The zero-order chi connectivity index (χ0) is 13.3. The highest BCUT2D eigenvalue weighted by atomic mass is 16.2. The Balaban J connectivity index is 2.62. The molecule has 0 aromatic heterocycles. The van der Waals surface area contributed by atoms with E-state index < -0.39 is 0 Å². The number of aryl methyl sites for hydroxylation is 1. The number of allylic oxidation sites excluding steroid dienone is 2. The number of carbonyl (C=O) groups is 1. The minimum Gasteiger partial charge on any atom is -0.307 e. The van der Waals surface area contributed by atoms with Crippen molar-refractivity contribution in [2.24, 2.45) is 0 Å². The Morgan fingerprint density at radius 1 is 1.28 bits per heavy atom. The maximum atomic E-state index is 12.1. The number of amides is 2. The average molecular weight is 240 g/mol. The number of anilines is 1. The summed E-state index contributed by atoms with van der Waals surface area (Å²) >= 11 is 0. The van der Waals surface area contributed by atoms with Crippen LogP contribution in [0.5, 0.6) is 0 Å². The van der Waals surface area contributed by atoms with Crippen LogP contribution in [-0.2, 0) is 0 Å². The monoisotopic (exact) mass is 240 g/mol. The van der Waals surface area contributed by atoms with Gasteiger partial charge in [-0.15, -0.1) is 0 Å². The number of para-hydroxylation sites is 1. The van der Waals surface area contributed by atoms with Gasteiger partial charge in [-0.2, -0.15) is 0 Å². The highest BCUT2D eigenvalue weighted by molar-refractivity contribution is 6.00. The summed E-state index contributed by atoms with van der Waals surface area (Å²) < 4.78 is 0. The van der Waals surface area contributed by atoms with Crippen molar-refractivity contribution in [3.8, 4) is 0 Å². The van der Waals surface area contributed by atoms with E-state index in [0.29, 0.717) is 5.70 Å². The van der Waals surface area contributed by atoms with Gasteiger partial charge in [0, 0.05) is 5.70 Å². The maximum absolute atomic E-state index is 12.1. The summed E-state index contributed by atoms with van der Waals surface area (Å²) in [7, 11) is 0. The largest absolute Gasteiger partial charge is 0.330 e. The lowest BCUT2D eigenvalue weighted by molar-refractivity contribution is 0.249. The number of carbonyl (C=O) groups excluding carboxylic acids is 1. The first kappa shape index (κ1) is 12.2. The van der Waals surface area contributed by atoms with Crippen LogP contribution in [-0.4, -0.2) is 6.03 Å². The van der Waals surface area contributed by atoms with Gasteiger partial charge in [0.05, 0.1) is 11.4 Å². The van der Waals surface area contributed by atoms with Crippen LogP contribution in [0.4, 0.5) is 10.5 Å². The molecule has 1 heterocycles. The minimum atomic E-state index is -0.199. The van der Waals surface area contributed by atoms with Crippen LogP contribution < -0.4 is 10.2 Å². The third kappa shape index (κ3) is 1.84. The number of urea groups is 1. The molecule has 0 radical (unpaired) electrons. The summed E-state index contributed by atoms with van der Waals surface area (Å²) in [5.74, 6) is 0. The molecule has 2 rings (SSSR count). The van der Waals surface area contributed by atoms with E-state index in [1.807, 2.05) is 38.1 Å². The normalized spacial score (nSPS) is 15.8. The van der Waals surface area contributed by atoms with Gasteiger partial charge in [-0.05, 0) is 37.1 Å². The van der Waals surface area contributed by atoms with Crippen LogP contribution in [0.2, 0.25) is 0 Å². The lowest BCUT2D eigenvalue weighted by Crippen LogP contribution is -2.43. The second-order valence-corrected chi connectivity index (χ2v) is 4.24. The SMILES string of the molecule is C=CC1=C(C)C(=C)NC(=O)N1c1ccccc1C.